The fourth-order valence-corrected chi connectivity index (χ4v) is 4.17. The smallest absolute Gasteiger partial charge is 0.206 e. The van der Waals surface area contributed by atoms with Crippen molar-refractivity contribution in [2.75, 3.05) is 45.4 Å². The van der Waals surface area contributed by atoms with E-state index in [0.717, 1.165) is 50.6 Å². The summed E-state index contributed by atoms with van der Waals surface area (Å²) in [6.07, 6.45) is 0.625. The number of halogens is 5. The number of amides is 1. The molecule has 0 aliphatic carbocycles. The molecule has 0 bridgehead atoms. The summed E-state index contributed by atoms with van der Waals surface area (Å²) in [6, 6.07) is 8.85. The summed E-state index contributed by atoms with van der Waals surface area (Å²) >= 11 is 5.88. The molecule has 7 nitrogen and oxygen atoms in total. The van der Waals surface area contributed by atoms with Crippen LogP contribution in [0.5, 0.6) is 0 Å². The number of carbonyl (C=O) groups is 1. The first-order valence-electron chi connectivity index (χ1n) is 12.1. The third kappa shape index (κ3) is 7.81. The number of morpholine rings is 1. The van der Waals surface area contributed by atoms with E-state index in [1.165, 1.54) is 23.2 Å². The van der Waals surface area contributed by atoms with E-state index in [-0.39, 0.29) is 22.2 Å². The Bertz CT molecular complexity index is 1280. The molecule has 1 saturated heterocycles. The minimum atomic E-state index is -0.812. The van der Waals surface area contributed by atoms with Gasteiger partial charge in [-0.3, -0.25) is 9.80 Å². The van der Waals surface area contributed by atoms with Crippen LogP contribution in [-0.2, 0) is 9.53 Å². The van der Waals surface area contributed by atoms with E-state index in [1.807, 2.05) is 0 Å². The van der Waals surface area contributed by atoms with E-state index in [9.17, 15) is 17.6 Å². The van der Waals surface area contributed by atoms with Gasteiger partial charge in [0.25, 0.3) is 0 Å². The predicted octanol–water partition coefficient (Wildman–Crippen LogP) is 5.20. The summed E-state index contributed by atoms with van der Waals surface area (Å²) in [5.41, 5.74) is 0.296. The molecule has 12 heteroatoms. The van der Waals surface area contributed by atoms with Crippen LogP contribution in [0.1, 0.15) is 24.2 Å². The number of nitrogens with zero attached hydrogens (tertiary/aromatic N) is 3. The first-order chi connectivity index (χ1) is 18.7. The Balaban J connectivity index is 0.000000320. The molecule has 2 unspecified atom stereocenters. The summed E-state index contributed by atoms with van der Waals surface area (Å²) in [5, 5.41) is 8.09. The molecule has 5 rings (SSSR count). The number of anilines is 1. The van der Waals surface area contributed by atoms with Crippen LogP contribution >= 0.6 is 11.6 Å². The van der Waals surface area contributed by atoms with Crippen molar-refractivity contribution < 1.29 is 31.5 Å². The molecule has 0 spiro atoms. The number of hydrazone groups is 1. The number of hydrogen-bond acceptors (Lipinski definition) is 6. The average Bonchev–Trinajstić information content (AvgIpc) is 3.47. The largest absolute Gasteiger partial charge is 0.449 e. The molecule has 2 atom stereocenters. The monoisotopic (exact) mass is 568 g/mol. The van der Waals surface area contributed by atoms with Crippen LogP contribution in [-0.4, -0.2) is 63.5 Å². The lowest BCUT2D eigenvalue weighted by molar-refractivity contribution is -0.109. The van der Waals surface area contributed by atoms with E-state index in [2.05, 4.69) is 22.4 Å². The Morgan fingerprint density at radius 2 is 1.62 bits per heavy atom. The fourth-order valence-electron chi connectivity index (χ4n) is 4.02. The maximum atomic E-state index is 14.5. The maximum absolute atomic E-state index is 14.5. The molecule has 3 aromatic rings. The van der Waals surface area contributed by atoms with Crippen molar-refractivity contribution in [2.24, 2.45) is 5.10 Å². The van der Waals surface area contributed by atoms with Gasteiger partial charge in [0.05, 0.1) is 36.6 Å². The molecular weight excluding hydrogens is 540 g/mol. The second-order valence-corrected chi connectivity index (χ2v) is 9.10. The molecule has 2 aliphatic heterocycles. The second-order valence-electron chi connectivity index (χ2n) is 8.73. The van der Waals surface area contributed by atoms with Crippen molar-refractivity contribution >= 4 is 29.4 Å². The Hall–Kier alpha value is -3.41. The summed E-state index contributed by atoms with van der Waals surface area (Å²) in [7, 11) is 3.68. The number of hydrogen-bond donors (Lipinski definition) is 1. The number of rotatable bonds is 4. The first-order valence-corrected chi connectivity index (χ1v) is 12.4. The zero-order valence-corrected chi connectivity index (χ0v) is 22.4. The minimum Gasteiger partial charge on any atom is -0.449 e. The van der Waals surface area contributed by atoms with Crippen LogP contribution in [0.25, 0.3) is 0 Å². The van der Waals surface area contributed by atoms with Gasteiger partial charge in [0.15, 0.2) is 11.0 Å². The molecule has 210 valence electrons. The molecule has 1 N–H and O–H groups in total. The zero-order valence-electron chi connectivity index (χ0n) is 21.6. The Morgan fingerprint density at radius 3 is 2.10 bits per heavy atom. The number of nitrogens with one attached hydrogen (secondary N) is 1. The molecule has 1 amide bonds. The van der Waals surface area contributed by atoms with Gasteiger partial charge in [-0.2, -0.15) is 5.10 Å². The summed E-state index contributed by atoms with van der Waals surface area (Å²) in [6.45, 7) is 5.76. The van der Waals surface area contributed by atoms with Crippen LogP contribution in [0.2, 0.25) is 5.22 Å². The van der Waals surface area contributed by atoms with Gasteiger partial charge < -0.3 is 19.4 Å². The van der Waals surface area contributed by atoms with E-state index >= 15 is 0 Å². The number of benzene rings is 2. The topological polar surface area (TPSA) is 70.3 Å². The lowest BCUT2D eigenvalue weighted by Gasteiger charge is -2.24. The zero-order chi connectivity index (χ0) is 28.5. The standard InChI is InChI=1S/C20H13ClF4N2O.C5H11NO.C2H5NO/c1-10-19(17-6-7-18(21)28-17)20(13-4-2-11(22)8-14(13)24)26-27(10)16-5-3-12(23)9-15(16)25;1-6-2-4-7-5-3-6;1-3-2-4/h2-10,19H,1H3;2-5H2,1H3;2H,1H3,(H,3,4). The van der Waals surface area contributed by atoms with E-state index in [4.69, 9.17) is 25.5 Å². The molecule has 39 heavy (non-hydrogen) atoms. The van der Waals surface area contributed by atoms with Gasteiger partial charge in [-0.15, -0.1) is 0 Å². The van der Waals surface area contributed by atoms with Crippen LogP contribution in [0.3, 0.4) is 0 Å². The van der Waals surface area contributed by atoms with Crippen LogP contribution in [0.4, 0.5) is 23.2 Å². The highest BCUT2D eigenvalue weighted by Gasteiger charge is 2.40. The van der Waals surface area contributed by atoms with Crippen molar-refractivity contribution in [3.63, 3.8) is 0 Å². The lowest BCUT2D eigenvalue weighted by atomic mass is 9.89. The fraction of sp³-hybridized carbons (Fsp3) is 0.333. The van der Waals surface area contributed by atoms with Crippen molar-refractivity contribution in [1.29, 1.82) is 0 Å². The normalized spacial score (nSPS) is 18.9. The molecule has 0 saturated carbocycles. The Kier molecular flexibility index (Phi) is 10.9. The average molecular weight is 569 g/mol. The number of furan rings is 1. The van der Waals surface area contributed by atoms with E-state index in [0.29, 0.717) is 12.2 Å². The van der Waals surface area contributed by atoms with Gasteiger partial charge in [-0.05, 0) is 62.0 Å². The molecular formula is C27H29ClF4N4O3. The minimum absolute atomic E-state index is 0.0223. The van der Waals surface area contributed by atoms with Gasteiger partial charge in [0.2, 0.25) is 6.41 Å². The van der Waals surface area contributed by atoms with Gasteiger partial charge in [0, 0.05) is 37.8 Å². The van der Waals surface area contributed by atoms with Gasteiger partial charge in [-0.25, -0.2) is 17.6 Å². The predicted molar refractivity (Wildman–Crippen MR) is 141 cm³/mol. The summed E-state index contributed by atoms with van der Waals surface area (Å²) in [5.74, 6) is -3.30. The van der Waals surface area contributed by atoms with Gasteiger partial charge in [-0.1, -0.05) is 0 Å². The highest BCUT2D eigenvalue weighted by molar-refractivity contribution is 6.28. The SMILES string of the molecule is CC1C(c2ccc(Cl)o2)C(c2ccc(F)cc2F)=NN1c1ccc(F)cc1F.CN1CCOCC1.CNC=O. The molecule has 1 aromatic heterocycles. The van der Waals surface area contributed by atoms with Crippen molar-refractivity contribution in [2.45, 2.75) is 18.9 Å². The molecule has 3 heterocycles. The Morgan fingerprint density at radius 1 is 1.00 bits per heavy atom. The highest BCUT2D eigenvalue weighted by atomic mass is 35.5. The Labute approximate surface area is 229 Å². The molecule has 1 fully saturated rings. The van der Waals surface area contributed by atoms with Crippen LogP contribution in [0, 0.1) is 23.3 Å². The quantitative estimate of drug-likeness (QED) is 0.346. The third-order valence-electron chi connectivity index (χ3n) is 5.99. The summed E-state index contributed by atoms with van der Waals surface area (Å²) in [4.78, 5) is 11.3. The van der Waals surface area contributed by atoms with Crippen LogP contribution in [0.15, 0.2) is 58.0 Å². The lowest BCUT2D eigenvalue weighted by Crippen LogP contribution is -2.32. The number of ether oxygens (including phenoxy) is 1. The van der Waals surface area contributed by atoms with E-state index in [1.54, 1.807) is 20.0 Å². The molecule has 2 aromatic carbocycles. The second kappa shape index (κ2) is 14.1. The molecule has 0 radical (unpaired) electrons. The van der Waals surface area contributed by atoms with E-state index < -0.39 is 35.2 Å². The molecule has 2 aliphatic rings. The summed E-state index contributed by atoms with van der Waals surface area (Å²) < 4.78 is 66.1. The third-order valence-corrected chi connectivity index (χ3v) is 6.20. The number of likely N-dealkylation sites (N-methyl/N-ethyl adjacent to an activating group) is 1. The first kappa shape index (κ1) is 30.1. The van der Waals surface area contributed by atoms with Gasteiger partial charge in [0.1, 0.15) is 23.2 Å². The van der Waals surface area contributed by atoms with Crippen molar-refractivity contribution in [3.8, 4) is 0 Å². The van der Waals surface area contributed by atoms with Crippen molar-refractivity contribution in [3.05, 3.63) is 88.3 Å². The highest BCUT2D eigenvalue weighted by Crippen LogP contribution is 2.39. The van der Waals surface area contributed by atoms with Crippen molar-refractivity contribution in [1.82, 2.24) is 10.2 Å². The van der Waals surface area contributed by atoms with Gasteiger partial charge >= 0.3 is 0 Å². The number of carbonyl (C=O) groups excluding carboxylic acids is 1. The maximum Gasteiger partial charge on any atom is 0.206 e. The van der Waals surface area contributed by atoms with Crippen LogP contribution < -0.4 is 10.3 Å².